The Kier molecular flexibility index (Phi) is 4.16. The second kappa shape index (κ2) is 4.78. The van der Waals surface area contributed by atoms with E-state index in [2.05, 4.69) is 0 Å². The zero-order valence-corrected chi connectivity index (χ0v) is 12.1. The highest BCUT2D eigenvalue weighted by molar-refractivity contribution is 8.01. The normalized spacial score (nSPS) is 27.3. The molecule has 0 aromatic rings. The summed E-state index contributed by atoms with van der Waals surface area (Å²) < 4.78 is 25.0. The van der Waals surface area contributed by atoms with Crippen molar-refractivity contribution in [2.45, 2.75) is 50.3 Å². The Morgan fingerprint density at radius 2 is 2.00 bits per heavy atom. The quantitative estimate of drug-likeness (QED) is 0.845. The summed E-state index contributed by atoms with van der Waals surface area (Å²) in [6.45, 7) is 6.65. The van der Waals surface area contributed by atoms with Crippen molar-refractivity contribution in [1.29, 1.82) is 0 Å². The van der Waals surface area contributed by atoms with Crippen molar-refractivity contribution in [3.05, 3.63) is 0 Å². The molecule has 0 saturated carbocycles. The van der Waals surface area contributed by atoms with Crippen molar-refractivity contribution in [2.75, 3.05) is 5.75 Å². The van der Waals surface area contributed by atoms with Gasteiger partial charge in [-0.1, -0.05) is 6.92 Å². The van der Waals surface area contributed by atoms with E-state index in [1.807, 2.05) is 6.92 Å². The van der Waals surface area contributed by atoms with Crippen LogP contribution in [0.15, 0.2) is 0 Å². The lowest BCUT2D eigenvalue weighted by Crippen LogP contribution is -2.51. The summed E-state index contributed by atoms with van der Waals surface area (Å²) in [5.41, 5.74) is 0. The number of hydrogen-bond acceptors (Lipinski definition) is 4. The van der Waals surface area contributed by atoms with Crippen molar-refractivity contribution in [1.82, 2.24) is 4.31 Å². The first-order chi connectivity index (χ1) is 7.63. The molecule has 1 aliphatic rings. The molecule has 0 aromatic heterocycles. The van der Waals surface area contributed by atoms with E-state index in [1.165, 1.54) is 16.1 Å². The van der Waals surface area contributed by atoms with Crippen molar-refractivity contribution in [3.63, 3.8) is 0 Å². The van der Waals surface area contributed by atoms with Gasteiger partial charge in [-0.15, -0.1) is 11.8 Å². The topological polar surface area (TPSA) is 74.7 Å². The number of thioether (sulfide) groups is 1. The lowest BCUT2D eigenvalue weighted by atomic mass is 10.3. The third-order valence-electron chi connectivity index (χ3n) is 2.72. The van der Waals surface area contributed by atoms with E-state index in [0.29, 0.717) is 12.2 Å². The molecule has 1 aliphatic heterocycles. The van der Waals surface area contributed by atoms with Crippen LogP contribution in [0.5, 0.6) is 0 Å². The molecule has 1 rings (SSSR count). The van der Waals surface area contributed by atoms with Gasteiger partial charge in [0.2, 0.25) is 10.0 Å². The van der Waals surface area contributed by atoms with Crippen LogP contribution >= 0.6 is 11.8 Å². The lowest BCUT2D eigenvalue weighted by molar-refractivity contribution is -0.140. The Labute approximate surface area is 107 Å². The third-order valence-corrected chi connectivity index (χ3v) is 6.92. The van der Waals surface area contributed by atoms with Gasteiger partial charge in [0.15, 0.2) is 0 Å². The highest BCUT2D eigenvalue weighted by atomic mass is 32.2. The number of carbonyl (C=O) groups is 1. The maximum Gasteiger partial charge on any atom is 0.322 e. The second-order valence-electron chi connectivity index (χ2n) is 5.00. The number of sulfonamides is 1. The average molecular weight is 281 g/mol. The van der Waals surface area contributed by atoms with Crippen LogP contribution in [0.3, 0.4) is 0 Å². The number of hydrogen-bond donors (Lipinski definition) is 1. The largest absolute Gasteiger partial charge is 0.480 e. The van der Waals surface area contributed by atoms with E-state index in [4.69, 9.17) is 5.11 Å². The summed E-state index contributed by atoms with van der Waals surface area (Å²) in [5, 5.41) is 8.84. The van der Waals surface area contributed by atoms with E-state index in [1.54, 1.807) is 20.8 Å². The molecule has 1 N–H and O–H groups in total. The molecule has 1 heterocycles. The molecule has 2 unspecified atom stereocenters. The fraction of sp³-hybridized carbons (Fsp3) is 0.900. The van der Waals surface area contributed by atoms with Crippen LogP contribution in [0.4, 0.5) is 0 Å². The van der Waals surface area contributed by atoms with Crippen LogP contribution in [-0.2, 0) is 14.8 Å². The molecule has 17 heavy (non-hydrogen) atoms. The highest BCUT2D eigenvalue weighted by Crippen LogP contribution is 2.37. The number of carboxylic acid groups (broad SMARTS) is 1. The Morgan fingerprint density at radius 3 is 2.35 bits per heavy atom. The molecule has 0 aliphatic carbocycles. The van der Waals surface area contributed by atoms with Gasteiger partial charge in [-0.2, -0.15) is 4.31 Å². The monoisotopic (exact) mass is 281 g/mol. The standard InChI is InChI=1S/C10H19NO4S2/c1-5-8-11(7(6-16-8)9(12)13)17(14,15)10(2,3)4/h7-8H,5-6H2,1-4H3,(H,12,13). The van der Waals surface area contributed by atoms with Crippen LogP contribution in [0.2, 0.25) is 0 Å². The molecule has 100 valence electrons. The van der Waals surface area contributed by atoms with Gasteiger partial charge in [0.05, 0.1) is 10.1 Å². The summed E-state index contributed by atoms with van der Waals surface area (Å²) in [6, 6.07) is -0.936. The van der Waals surface area contributed by atoms with Crippen LogP contribution < -0.4 is 0 Å². The average Bonchev–Trinajstić information content (AvgIpc) is 2.59. The molecule has 0 aromatic carbocycles. The predicted octanol–water partition coefficient (Wildman–Crippen LogP) is 1.35. The first kappa shape index (κ1) is 14.8. The Hall–Kier alpha value is -0.270. The fourth-order valence-electron chi connectivity index (χ4n) is 1.67. The highest BCUT2D eigenvalue weighted by Gasteiger charge is 2.49. The first-order valence-corrected chi connectivity index (χ1v) is 7.99. The van der Waals surface area contributed by atoms with Gasteiger partial charge in [0, 0.05) is 5.75 Å². The number of aliphatic carboxylic acids is 1. The smallest absolute Gasteiger partial charge is 0.322 e. The Balaban J connectivity index is 3.18. The summed E-state index contributed by atoms with van der Waals surface area (Å²) in [5.74, 6) is -0.746. The van der Waals surface area contributed by atoms with Crippen molar-refractivity contribution in [2.24, 2.45) is 0 Å². The van der Waals surface area contributed by atoms with Crippen molar-refractivity contribution < 1.29 is 18.3 Å². The van der Waals surface area contributed by atoms with E-state index < -0.39 is 26.8 Å². The molecular formula is C10H19NO4S2. The maximum absolute atomic E-state index is 12.4. The van der Waals surface area contributed by atoms with Crippen LogP contribution in [-0.4, -0.2) is 45.7 Å². The zero-order chi connectivity index (χ0) is 13.4. The minimum absolute atomic E-state index is 0.264. The molecule has 2 atom stereocenters. The van der Waals surface area contributed by atoms with Gasteiger partial charge in [-0.05, 0) is 27.2 Å². The van der Waals surface area contributed by atoms with E-state index in [-0.39, 0.29) is 5.37 Å². The van der Waals surface area contributed by atoms with Gasteiger partial charge in [-0.3, -0.25) is 4.79 Å². The van der Waals surface area contributed by atoms with Crippen LogP contribution in [0.25, 0.3) is 0 Å². The molecule has 7 heteroatoms. The van der Waals surface area contributed by atoms with Crippen LogP contribution in [0, 0.1) is 0 Å². The van der Waals surface area contributed by atoms with Gasteiger partial charge >= 0.3 is 5.97 Å². The molecule has 1 saturated heterocycles. The molecule has 1 fully saturated rings. The molecule has 0 radical (unpaired) electrons. The van der Waals surface area contributed by atoms with E-state index in [0.717, 1.165) is 0 Å². The van der Waals surface area contributed by atoms with Gasteiger partial charge < -0.3 is 5.11 Å². The molecule has 0 bridgehead atoms. The maximum atomic E-state index is 12.4. The van der Waals surface area contributed by atoms with Gasteiger partial charge in [0.25, 0.3) is 0 Å². The molecular weight excluding hydrogens is 262 g/mol. The minimum Gasteiger partial charge on any atom is -0.480 e. The Bertz CT molecular complexity index is 399. The summed E-state index contributed by atoms with van der Waals surface area (Å²) in [4.78, 5) is 11.1. The molecule has 0 spiro atoms. The van der Waals surface area contributed by atoms with Crippen LogP contribution in [0.1, 0.15) is 34.1 Å². The third kappa shape index (κ3) is 2.61. The lowest BCUT2D eigenvalue weighted by Gasteiger charge is -2.32. The first-order valence-electron chi connectivity index (χ1n) is 5.50. The van der Waals surface area contributed by atoms with Gasteiger partial charge in [0.1, 0.15) is 6.04 Å². The van der Waals surface area contributed by atoms with E-state index in [9.17, 15) is 13.2 Å². The predicted molar refractivity (Wildman–Crippen MR) is 68.5 cm³/mol. The molecule has 5 nitrogen and oxygen atoms in total. The number of carboxylic acids is 1. The summed E-state index contributed by atoms with van der Waals surface area (Å²) >= 11 is 1.40. The van der Waals surface area contributed by atoms with Gasteiger partial charge in [-0.25, -0.2) is 8.42 Å². The minimum atomic E-state index is -3.60. The summed E-state index contributed by atoms with van der Waals surface area (Å²) in [6.07, 6.45) is 0.615. The Morgan fingerprint density at radius 1 is 1.47 bits per heavy atom. The summed E-state index contributed by atoms with van der Waals surface area (Å²) in [7, 11) is -3.60. The number of rotatable bonds is 3. The van der Waals surface area contributed by atoms with Crippen molar-refractivity contribution in [3.8, 4) is 0 Å². The second-order valence-corrected chi connectivity index (χ2v) is 8.80. The SMILES string of the molecule is CCC1SCC(C(=O)O)N1S(=O)(=O)C(C)(C)C. The fourth-order valence-corrected chi connectivity index (χ4v) is 5.11. The van der Waals surface area contributed by atoms with E-state index >= 15 is 0 Å². The molecule has 0 amide bonds. The number of nitrogens with zero attached hydrogens (tertiary/aromatic N) is 1. The zero-order valence-electron chi connectivity index (χ0n) is 10.5. The van der Waals surface area contributed by atoms with Crippen molar-refractivity contribution >= 4 is 27.8 Å².